The predicted octanol–water partition coefficient (Wildman–Crippen LogP) is 3.50. The highest BCUT2D eigenvalue weighted by atomic mass is 19.1. The van der Waals surface area contributed by atoms with Crippen molar-refractivity contribution in [2.24, 2.45) is 0 Å². The molecule has 4 heterocycles. The lowest BCUT2D eigenvalue weighted by atomic mass is 9.87. The monoisotopic (exact) mass is 374 g/mol. The molecule has 2 aliphatic carbocycles. The van der Waals surface area contributed by atoms with Gasteiger partial charge in [-0.1, -0.05) is 0 Å². The Bertz CT molecular complexity index is 1180. The summed E-state index contributed by atoms with van der Waals surface area (Å²) in [6.07, 6.45) is 6.43. The van der Waals surface area contributed by atoms with Crippen LogP contribution < -0.4 is 5.32 Å². The van der Waals surface area contributed by atoms with Gasteiger partial charge < -0.3 is 10.3 Å². The third kappa shape index (κ3) is 2.20. The summed E-state index contributed by atoms with van der Waals surface area (Å²) < 4.78 is 14.4. The number of aromatic nitrogens is 3. The van der Waals surface area contributed by atoms with Crippen LogP contribution in [-0.2, 0) is 19.3 Å². The van der Waals surface area contributed by atoms with E-state index in [1.807, 2.05) is 12.3 Å². The average molecular weight is 374 g/mol. The molecule has 3 aromatic rings. The first-order valence-electron chi connectivity index (χ1n) is 9.72. The topological polar surface area (TPSA) is 70.7 Å². The molecule has 1 saturated carbocycles. The van der Waals surface area contributed by atoms with E-state index >= 15 is 0 Å². The molecule has 0 atom stereocenters. The van der Waals surface area contributed by atoms with E-state index in [0.29, 0.717) is 17.0 Å². The first-order chi connectivity index (χ1) is 13.5. The van der Waals surface area contributed by atoms with E-state index in [0.717, 1.165) is 65.7 Å². The number of hydrogen-bond acceptors (Lipinski definition) is 3. The molecule has 6 rings (SSSR count). The van der Waals surface area contributed by atoms with Gasteiger partial charge in [0.2, 0.25) is 5.95 Å². The predicted molar refractivity (Wildman–Crippen MR) is 102 cm³/mol. The SMILES string of the molecule is Cc1ccc(-c2cc3c(cn2)CCc2c-3[nH]c3c2C(=O)NC2(CC2)C3)c(F)n1. The molecule has 0 aromatic carbocycles. The van der Waals surface area contributed by atoms with Gasteiger partial charge in [-0.25, -0.2) is 4.98 Å². The Morgan fingerprint density at radius 3 is 2.82 bits per heavy atom. The fourth-order valence-electron chi connectivity index (χ4n) is 4.66. The smallest absolute Gasteiger partial charge is 0.253 e. The maximum Gasteiger partial charge on any atom is 0.253 e. The fourth-order valence-corrected chi connectivity index (χ4v) is 4.66. The molecular formula is C22H19FN4O. The number of pyridine rings is 2. The van der Waals surface area contributed by atoms with E-state index in [4.69, 9.17) is 0 Å². The lowest BCUT2D eigenvalue weighted by Gasteiger charge is -2.24. The van der Waals surface area contributed by atoms with Crippen molar-refractivity contribution in [1.82, 2.24) is 20.3 Å². The minimum atomic E-state index is -0.510. The molecule has 0 radical (unpaired) electrons. The molecule has 2 N–H and O–H groups in total. The van der Waals surface area contributed by atoms with Crippen molar-refractivity contribution in [3.05, 3.63) is 58.4 Å². The van der Waals surface area contributed by atoms with Gasteiger partial charge in [-0.2, -0.15) is 4.39 Å². The number of hydrogen-bond donors (Lipinski definition) is 2. The standard InChI is InChI=1S/C22H19FN4O/c1-11-2-4-13(20(23)25-11)16-8-15-12(10-24-16)3-5-14-18-17(26-19(14)15)9-22(6-7-22)27-21(18)28/h2,4,8,10,26H,3,5-7,9H2,1H3,(H,27,28). The highest BCUT2D eigenvalue weighted by Crippen LogP contribution is 2.45. The number of rotatable bonds is 1. The second-order valence-corrected chi connectivity index (χ2v) is 8.26. The molecule has 0 bridgehead atoms. The number of amides is 1. The largest absolute Gasteiger partial charge is 0.357 e. The highest BCUT2D eigenvalue weighted by molar-refractivity contribution is 6.01. The summed E-state index contributed by atoms with van der Waals surface area (Å²) in [6, 6.07) is 5.44. The number of halogens is 1. The van der Waals surface area contributed by atoms with Gasteiger partial charge in [0.1, 0.15) is 0 Å². The Hall–Kier alpha value is -3.02. The van der Waals surface area contributed by atoms with E-state index in [2.05, 4.69) is 20.3 Å². The summed E-state index contributed by atoms with van der Waals surface area (Å²) >= 11 is 0. The second kappa shape index (κ2) is 5.28. The Kier molecular flexibility index (Phi) is 3.01. The van der Waals surface area contributed by atoms with Crippen molar-refractivity contribution in [3.63, 3.8) is 0 Å². The summed E-state index contributed by atoms with van der Waals surface area (Å²) in [6.45, 7) is 1.76. The Balaban J connectivity index is 1.50. The maximum absolute atomic E-state index is 14.4. The van der Waals surface area contributed by atoms with Crippen LogP contribution in [0.1, 0.15) is 45.7 Å². The molecular weight excluding hydrogens is 355 g/mol. The zero-order valence-electron chi connectivity index (χ0n) is 15.5. The van der Waals surface area contributed by atoms with Gasteiger partial charge in [0.25, 0.3) is 5.91 Å². The number of carbonyl (C=O) groups is 1. The molecule has 1 fully saturated rings. The zero-order valence-corrected chi connectivity index (χ0v) is 15.5. The number of nitrogens with zero attached hydrogens (tertiary/aromatic N) is 2. The van der Waals surface area contributed by atoms with Crippen LogP contribution in [0.15, 0.2) is 24.4 Å². The second-order valence-electron chi connectivity index (χ2n) is 8.26. The quantitative estimate of drug-likeness (QED) is 0.641. The third-order valence-electron chi connectivity index (χ3n) is 6.32. The minimum absolute atomic E-state index is 0.0273. The molecule has 1 aliphatic heterocycles. The lowest BCUT2D eigenvalue weighted by molar-refractivity contribution is 0.0917. The van der Waals surface area contributed by atoms with E-state index in [1.54, 1.807) is 19.1 Å². The molecule has 5 nitrogen and oxygen atoms in total. The van der Waals surface area contributed by atoms with Crippen molar-refractivity contribution in [2.75, 3.05) is 0 Å². The van der Waals surface area contributed by atoms with Crippen LogP contribution in [0.4, 0.5) is 4.39 Å². The van der Waals surface area contributed by atoms with Crippen molar-refractivity contribution in [3.8, 4) is 22.5 Å². The number of fused-ring (bicyclic) bond motifs is 5. The number of carbonyl (C=O) groups excluding carboxylic acids is 1. The van der Waals surface area contributed by atoms with Crippen LogP contribution in [0.5, 0.6) is 0 Å². The molecule has 1 spiro atoms. The van der Waals surface area contributed by atoms with Gasteiger partial charge in [0.15, 0.2) is 0 Å². The van der Waals surface area contributed by atoms with Crippen molar-refractivity contribution >= 4 is 5.91 Å². The number of H-pyrrole nitrogens is 1. The van der Waals surface area contributed by atoms with Crippen LogP contribution in [0, 0.1) is 12.9 Å². The Labute approximate surface area is 161 Å². The van der Waals surface area contributed by atoms with Crippen molar-refractivity contribution in [1.29, 1.82) is 0 Å². The van der Waals surface area contributed by atoms with Crippen LogP contribution in [0.25, 0.3) is 22.5 Å². The normalized spacial score (nSPS) is 18.3. The van der Waals surface area contributed by atoms with Gasteiger partial charge in [0, 0.05) is 35.1 Å². The highest BCUT2D eigenvalue weighted by Gasteiger charge is 2.49. The van der Waals surface area contributed by atoms with Crippen LogP contribution in [-0.4, -0.2) is 26.4 Å². The summed E-state index contributed by atoms with van der Waals surface area (Å²) in [5, 5.41) is 3.20. The van der Waals surface area contributed by atoms with E-state index in [9.17, 15) is 9.18 Å². The van der Waals surface area contributed by atoms with Gasteiger partial charge in [-0.3, -0.25) is 9.78 Å². The number of aromatic amines is 1. The van der Waals surface area contributed by atoms with Crippen molar-refractivity contribution < 1.29 is 9.18 Å². The van der Waals surface area contributed by atoms with Crippen LogP contribution in [0.2, 0.25) is 0 Å². The van der Waals surface area contributed by atoms with E-state index in [-0.39, 0.29) is 11.4 Å². The summed E-state index contributed by atoms with van der Waals surface area (Å²) in [5.74, 6) is -0.466. The Morgan fingerprint density at radius 1 is 1.18 bits per heavy atom. The zero-order chi connectivity index (χ0) is 19.0. The maximum atomic E-state index is 14.4. The molecule has 3 aromatic heterocycles. The van der Waals surface area contributed by atoms with Gasteiger partial charge in [-0.05, 0) is 61.9 Å². The molecule has 3 aliphatic rings. The minimum Gasteiger partial charge on any atom is -0.357 e. The molecule has 6 heteroatoms. The third-order valence-corrected chi connectivity index (χ3v) is 6.32. The first-order valence-corrected chi connectivity index (χ1v) is 9.72. The van der Waals surface area contributed by atoms with E-state index < -0.39 is 5.95 Å². The first kappa shape index (κ1) is 16.0. The number of nitrogens with one attached hydrogen (secondary N) is 2. The number of aryl methyl sites for hydroxylation is 2. The molecule has 140 valence electrons. The van der Waals surface area contributed by atoms with Crippen LogP contribution in [0.3, 0.4) is 0 Å². The van der Waals surface area contributed by atoms with Gasteiger partial charge >= 0.3 is 0 Å². The van der Waals surface area contributed by atoms with Crippen molar-refractivity contribution in [2.45, 2.75) is 44.6 Å². The Morgan fingerprint density at radius 2 is 2.04 bits per heavy atom. The van der Waals surface area contributed by atoms with Gasteiger partial charge in [0.05, 0.1) is 22.5 Å². The summed E-state index contributed by atoms with van der Waals surface area (Å²) in [4.78, 5) is 24.7. The summed E-state index contributed by atoms with van der Waals surface area (Å²) in [5.41, 5.74) is 7.63. The summed E-state index contributed by atoms with van der Waals surface area (Å²) in [7, 11) is 0. The average Bonchev–Trinajstić information content (AvgIpc) is 3.28. The molecule has 1 amide bonds. The lowest BCUT2D eigenvalue weighted by Crippen LogP contribution is -2.43. The molecule has 0 unspecified atom stereocenters. The molecule has 28 heavy (non-hydrogen) atoms. The molecule has 0 saturated heterocycles. The van der Waals surface area contributed by atoms with E-state index in [1.165, 1.54) is 0 Å². The van der Waals surface area contributed by atoms with Crippen LogP contribution >= 0.6 is 0 Å². The fraction of sp³-hybridized carbons (Fsp3) is 0.318. The van der Waals surface area contributed by atoms with Gasteiger partial charge in [-0.15, -0.1) is 0 Å².